The first-order chi connectivity index (χ1) is 12.3. The van der Waals surface area contributed by atoms with Crippen molar-refractivity contribution in [1.29, 1.82) is 0 Å². The van der Waals surface area contributed by atoms with E-state index >= 15 is 0 Å². The maximum atomic E-state index is 14.4. The first-order valence-electron chi connectivity index (χ1n) is 9.30. The predicted octanol–water partition coefficient (Wildman–Crippen LogP) is 5.09. The van der Waals surface area contributed by atoms with Crippen molar-refractivity contribution in [2.24, 2.45) is 5.92 Å². The zero-order valence-electron chi connectivity index (χ0n) is 15.8. The van der Waals surface area contributed by atoms with Crippen LogP contribution in [0.1, 0.15) is 33.6 Å². The highest BCUT2D eigenvalue weighted by molar-refractivity contribution is 5.65. The summed E-state index contributed by atoms with van der Waals surface area (Å²) < 4.78 is 20.2. The maximum absolute atomic E-state index is 14.4. The van der Waals surface area contributed by atoms with Gasteiger partial charge in [-0.15, -0.1) is 0 Å². The second kappa shape index (κ2) is 7.67. The number of hydrogen-bond donors (Lipinski definition) is 1. The Morgan fingerprint density at radius 1 is 1.04 bits per heavy atom. The number of piperidine rings is 1. The van der Waals surface area contributed by atoms with E-state index in [0.717, 1.165) is 37.1 Å². The number of nitrogens with zero attached hydrogens (tertiary/aromatic N) is 1. The van der Waals surface area contributed by atoms with Crippen molar-refractivity contribution in [3.63, 3.8) is 0 Å². The van der Waals surface area contributed by atoms with Crippen molar-refractivity contribution < 1.29 is 14.2 Å². The lowest BCUT2D eigenvalue weighted by atomic mass is 9.93. The largest absolute Gasteiger partial charge is 0.508 e. The minimum atomic E-state index is -0.345. The molecular formula is C22H28FNO2. The molecule has 140 valence electrons. The lowest BCUT2D eigenvalue weighted by molar-refractivity contribution is 0.0714. The van der Waals surface area contributed by atoms with Crippen LogP contribution in [0.25, 0.3) is 11.1 Å². The van der Waals surface area contributed by atoms with Crippen molar-refractivity contribution in [2.45, 2.75) is 39.2 Å². The summed E-state index contributed by atoms with van der Waals surface area (Å²) in [5.74, 6) is 0.643. The highest BCUT2D eigenvalue weighted by Gasteiger charge is 2.27. The second-order valence-corrected chi connectivity index (χ2v) is 8.10. The number of likely N-dealkylation sites (tertiary alicyclic amines) is 1. The predicted molar refractivity (Wildman–Crippen MR) is 103 cm³/mol. The van der Waals surface area contributed by atoms with E-state index in [0.29, 0.717) is 18.3 Å². The summed E-state index contributed by atoms with van der Waals surface area (Å²) in [6.07, 6.45) is 2.18. The van der Waals surface area contributed by atoms with Crippen LogP contribution in [-0.2, 0) is 0 Å². The zero-order chi connectivity index (χ0) is 18.7. The van der Waals surface area contributed by atoms with Crippen LogP contribution >= 0.6 is 0 Å². The Balaban J connectivity index is 1.57. The van der Waals surface area contributed by atoms with Crippen molar-refractivity contribution in [3.8, 4) is 22.6 Å². The van der Waals surface area contributed by atoms with E-state index in [9.17, 15) is 9.50 Å². The zero-order valence-corrected chi connectivity index (χ0v) is 15.8. The van der Waals surface area contributed by atoms with E-state index in [2.05, 4.69) is 25.7 Å². The molecule has 26 heavy (non-hydrogen) atoms. The van der Waals surface area contributed by atoms with E-state index in [1.807, 2.05) is 6.07 Å². The molecule has 1 saturated heterocycles. The Bertz CT molecular complexity index is 729. The van der Waals surface area contributed by atoms with Crippen LogP contribution in [-0.4, -0.2) is 35.2 Å². The number of rotatable bonds is 4. The number of halogens is 1. The summed E-state index contributed by atoms with van der Waals surface area (Å²) in [6.45, 7) is 9.44. The second-order valence-electron chi connectivity index (χ2n) is 8.10. The molecule has 1 aliphatic rings. The molecule has 0 atom stereocenters. The van der Waals surface area contributed by atoms with Crippen LogP contribution in [0, 0.1) is 11.7 Å². The summed E-state index contributed by atoms with van der Waals surface area (Å²) in [4.78, 5) is 2.50. The van der Waals surface area contributed by atoms with Crippen molar-refractivity contribution in [3.05, 3.63) is 48.3 Å². The molecule has 0 aliphatic carbocycles. The molecule has 2 aromatic carbocycles. The number of phenols is 1. The minimum Gasteiger partial charge on any atom is -0.508 e. The third kappa shape index (κ3) is 4.55. The summed E-state index contributed by atoms with van der Waals surface area (Å²) in [5, 5.41) is 9.36. The average molecular weight is 357 g/mol. The lowest BCUT2D eigenvalue weighted by Gasteiger charge is -2.40. The van der Waals surface area contributed by atoms with Crippen LogP contribution in [0.4, 0.5) is 4.39 Å². The quantitative estimate of drug-likeness (QED) is 0.827. The van der Waals surface area contributed by atoms with Gasteiger partial charge in [-0.2, -0.15) is 0 Å². The molecule has 0 aromatic heterocycles. The Kier molecular flexibility index (Phi) is 5.52. The van der Waals surface area contributed by atoms with Gasteiger partial charge < -0.3 is 9.84 Å². The SMILES string of the molecule is CC(C)(C)N1CCC(COc2ccc(-c3ccc(O)cc3)cc2F)CC1. The molecule has 4 heteroatoms. The number of phenolic OH excluding ortho intramolecular Hbond substituents is 1. The molecule has 1 aliphatic heterocycles. The summed E-state index contributed by atoms with van der Waals surface area (Å²) >= 11 is 0. The van der Waals surface area contributed by atoms with Gasteiger partial charge >= 0.3 is 0 Å². The van der Waals surface area contributed by atoms with Crippen LogP contribution in [0.5, 0.6) is 11.5 Å². The molecular weight excluding hydrogens is 329 g/mol. The van der Waals surface area contributed by atoms with E-state index in [1.54, 1.807) is 30.3 Å². The third-order valence-corrected chi connectivity index (χ3v) is 5.17. The molecule has 0 spiro atoms. The van der Waals surface area contributed by atoms with Gasteiger partial charge in [0.1, 0.15) is 5.75 Å². The number of benzene rings is 2. The average Bonchev–Trinajstić information content (AvgIpc) is 2.61. The van der Waals surface area contributed by atoms with Gasteiger partial charge in [-0.05, 0) is 88.0 Å². The van der Waals surface area contributed by atoms with Crippen molar-refractivity contribution in [1.82, 2.24) is 4.90 Å². The Morgan fingerprint density at radius 3 is 2.23 bits per heavy atom. The van der Waals surface area contributed by atoms with E-state index in [-0.39, 0.29) is 17.1 Å². The van der Waals surface area contributed by atoms with Gasteiger partial charge in [0.15, 0.2) is 11.6 Å². The summed E-state index contributed by atoms with van der Waals surface area (Å²) in [7, 11) is 0. The lowest BCUT2D eigenvalue weighted by Crippen LogP contribution is -2.46. The first-order valence-corrected chi connectivity index (χ1v) is 9.30. The first kappa shape index (κ1) is 18.7. The topological polar surface area (TPSA) is 32.7 Å². The fraction of sp³-hybridized carbons (Fsp3) is 0.455. The van der Waals surface area contributed by atoms with Gasteiger partial charge in [0.2, 0.25) is 0 Å². The van der Waals surface area contributed by atoms with Crippen LogP contribution in [0.3, 0.4) is 0 Å². The van der Waals surface area contributed by atoms with E-state index < -0.39 is 0 Å². The van der Waals surface area contributed by atoms with Gasteiger partial charge in [-0.1, -0.05) is 18.2 Å². The Labute approximate surface area is 155 Å². The molecule has 0 unspecified atom stereocenters. The standard InChI is InChI=1S/C22H28FNO2/c1-22(2,3)24-12-10-16(11-13-24)15-26-21-9-6-18(14-20(21)23)17-4-7-19(25)8-5-17/h4-9,14,16,25H,10-13,15H2,1-3H3. The van der Waals surface area contributed by atoms with E-state index in [1.165, 1.54) is 6.07 Å². The monoisotopic (exact) mass is 357 g/mol. The Hall–Kier alpha value is -2.07. The Morgan fingerprint density at radius 2 is 1.65 bits per heavy atom. The molecule has 1 N–H and O–H groups in total. The summed E-state index contributed by atoms with van der Waals surface area (Å²) in [6, 6.07) is 11.8. The van der Waals surface area contributed by atoms with Gasteiger partial charge in [0.05, 0.1) is 6.61 Å². The van der Waals surface area contributed by atoms with Crippen LogP contribution in [0.2, 0.25) is 0 Å². The molecule has 3 nitrogen and oxygen atoms in total. The van der Waals surface area contributed by atoms with Gasteiger partial charge in [-0.25, -0.2) is 4.39 Å². The van der Waals surface area contributed by atoms with Crippen LogP contribution in [0.15, 0.2) is 42.5 Å². The molecule has 0 radical (unpaired) electrons. The van der Waals surface area contributed by atoms with Gasteiger partial charge in [0, 0.05) is 5.54 Å². The number of hydrogen-bond acceptors (Lipinski definition) is 3. The summed E-state index contributed by atoms with van der Waals surface area (Å²) in [5.41, 5.74) is 1.85. The number of ether oxygens (including phenoxy) is 1. The minimum absolute atomic E-state index is 0.201. The highest BCUT2D eigenvalue weighted by Crippen LogP contribution is 2.28. The molecule has 1 heterocycles. The molecule has 2 aromatic rings. The molecule has 0 amide bonds. The smallest absolute Gasteiger partial charge is 0.165 e. The number of aromatic hydroxyl groups is 1. The van der Waals surface area contributed by atoms with Crippen molar-refractivity contribution >= 4 is 0 Å². The molecule has 3 rings (SSSR count). The van der Waals surface area contributed by atoms with E-state index in [4.69, 9.17) is 4.74 Å². The molecule has 0 saturated carbocycles. The maximum Gasteiger partial charge on any atom is 0.165 e. The van der Waals surface area contributed by atoms with Crippen molar-refractivity contribution in [2.75, 3.05) is 19.7 Å². The fourth-order valence-electron chi connectivity index (χ4n) is 3.43. The fourth-order valence-corrected chi connectivity index (χ4v) is 3.43. The molecule has 0 bridgehead atoms. The van der Waals surface area contributed by atoms with Gasteiger partial charge in [-0.3, -0.25) is 4.90 Å². The van der Waals surface area contributed by atoms with Crippen LogP contribution < -0.4 is 4.74 Å². The highest BCUT2D eigenvalue weighted by atomic mass is 19.1. The van der Waals surface area contributed by atoms with Gasteiger partial charge in [0.25, 0.3) is 0 Å². The third-order valence-electron chi connectivity index (χ3n) is 5.17. The molecule has 1 fully saturated rings. The normalized spacial score (nSPS) is 16.6.